The summed E-state index contributed by atoms with van der Waals surface area (Å²) >= 11 is 0. The highest BCUT2D eigenvalue weighted by Gasteiger charge is 2.51. The molecule has 4 rings (SSSR count). The lowest BCUT2D eigenvalue weighted by molar-refractivity contribution is 0.112. The standard InChI is InChI=1S/C23H34N3O4S/c1-29-15-16-31(27,28)26(21-9-4-3-5-10-21)17-22(23(24-26)20-7-6-8-20)25-13-11-19(12-14-25)18-30-2/h3-5,9-10,17,19-20H,6-8,11-16,18H2,1-2H3/q+1. The lowest BCUT2D eigenvalue weighted by atomic mass is 9.80. The average Bonchev–Trinajstić information content (AvgIpc) is 3.14. The maximum absolute atomic E-state index is 13.7. The van der Waals surface area contributed by atoms with E-state index in [1.807, 2.05) is 36.5 Å². The van der Waals surface area contributed by atoms with E-state index in [0.717, 1.165) is 56.8 Å². The van der Waals surface area contributed by atoms with Crippen molar-refractivity contribution in [2.24, 2.45) is 16.9 Å². The van der Waals surface area contributed by atoms with Crippen LogP contribution < -0.4 is 4.00 Å². The Morgan fingerprint density at radius 2 is 1.77 bits per heavy atom. The Labute approximate surface area is 186 Å². The van der Waals surface area contributed by atoms with E-state index in [1.165, 1.54) is 13.5 Å². The Hall–Kier alpha value is -1.74. The monoisotopic (exact) mass is 448 g/mol. The number of piperidine rings is 1. The van der Waals surface area contributed by atoms with Crippen LogP contribution in [-0.4, -0.2) is 65.3 Å². The Morgan fingerprint density at radius 3 is 2.35 bits per heavy atom. The first kappa shape index (κ1) is 22.5. The van der Waals surface area contributed by atoms with Crippen LogP contribution in [0.15, 0.2) is 47.3 Å². The van der Waals surface area contributed by atoms with Gasteiger partial charge in [0.1, 0.15) is 17.2 Å². The average molecular weight is 449 g/mol. The van der Waals surface area contributed by atoms with Gasteiger partial charge in [0.05, 0.1) is 6.61 Å². The van der Waals surface area contributed by atoms with Crippen LogP contribution >= 0.6 is 0 Å². The molecular weight excluding hydrogens is 414 g/mol. The van der Waals surface area contributed by atoms with E-state index in [9.17, 15) is 8.42 Å². The van der Waals surface area contributed by atoms with Crippen molar-refractivity contribution in [1.29, 1.82) is 0 Å². The second-order valence-corrected chi connectivity index (χ2v) is 10.9. The summed E-state index contributed by atoms with van der Waals surface area (Å²) in [4.78, 5) is 2.35. The van der Waals surface area contributed by atoms with Gasteiger partial charge in [0.2, 0.25) is 0 Å². The highest BCUT2D eigenvalue weighted by molar-refractivity contribution is 7.91. The van der Waals surface area contributed by atoms with Gasteiger partial charge in [-0.1, -0.05) is 29.7 Å². The number of benzene rings is 1. The van der Waals surface area contributed by atoms with Crippen molar-refractivity contribution in [2.75, 3.05) is 46.3 Å². The number of likely N-dealkylation sites (tertiary alicyclic amines) is 1. The molecule has 0 N–H and O–H groups in total. The molecule has 0 amide bonds. The van der Waals surface area contributed by atoms with E-state index in [0.29, 0.717) is 17.5 Å². The Kier molecular flexibility index (Phi) is 6.81. The molecule has 8 heteroatoms. The minimum absolute atomic E-state index is 0.0838. The Balaban J connectivity index is 1.75. The summed E-state index contributed by atoms with van der Waals surface area (Å²) in [6.45, 7) is 2.73. The van der Waals surface area contributed by atoms with Crippen LogP contribution in [0, 0.1) is 11.8 Å². The molecule has 1 saturated carbocycles. The molecule has 0 spiro atoms. The minimum atomic E-state index is -3.68. The van der Waals surface area contributed by atoms with Gasteiger partial charge in [-0.3, -0.25) is 0 Å². The zero-order valence-electron chi connectivity index (χ0n) is 18.6. The highest BCUT2D eigenvalue weighted by atomic mass is 32.2. The molecule has 0 radical (unpaired) electrons. The summed E-state index contributed by atoms with van der Waals surface area (Å²) in [5, 5.41) is 5.00. The third-order valence-corrected chi connectivity index (χ3v) is 8.69. The highest BCUT2D eigenvalue weighted by Crippen LogP contribution is 2.42. The molecule has 3 aliphatic rings. The lowest BCUT2D eigenvalue weighted by Crippen LogP contribution is -2.45. The molecular formula is C23H34N3O4S+. The number of hydrogen-bond donors (Lipinski definition) is 0. The summed E-state index contributed by atoms with van der Waals surface area (Å²) in [5.41, 5.74) is 2.62. The maximum atomic E-state index is 13.7. The predicted octanol–water partition coefficient (Wildman–Crippen LogP) is 3.34. The smallest absolute Gasteiger partial charge is 0.333 e. The molecule has 0 aromatic heterocycles. The number of methoxy groups -OCH3 is 2. The van der Waals surface area contributed by atoms with Crippen molar-refractivity contribution >= 4 is 21.4 Å². The molecule has 7 nitrogen and oxygen atoms in total. The van der Waals surface area contributed by atoms with Gasteiger partial charge in [0.25, 0.3) is 0 Å². The fourth-order valence-electron chi connectivity index (χ4n) is 4.67. The van der Waals surface area contributed by atoms with Crippen molar-refractivity contribution in [2.45, 2.75) is 32.1 Å². The van der Waals surface area contributed by atoms with E-state index in [2.05, 4.69) is 4.90 Å². The van der Waals surface area contributed by atoms with Crippen molar-refractivity contribution in [3.63, 3.8) is 0 Å². The van der Waals surface area contributed by atoms with Gasteiger partial charge in [-0.15, -0.1) is 0 Å². The molecule has 31 heavy (non-hydrogen) atoms. The number of rotatable bonds is 9. The lowest BCUT2D eigenvalue weighted by Gasteiger charge is -2.35. The maximum Gasteiger partial charge on any atom is 0.333 e. The molecule has 2 fully saturated rings. The molecule has 2 aliphatic heterocycles. The molecule has 1 aliphatic carbocycles. The van der Waals surface area contributed by atoms with E-state index in [4.69, 9.17) is 14.6 Å². The van der Waals surface area contributed by atoms with Gasteiger partial charge in [0.15, 0.2) is 11.9 Å². The predicted molar refractivity (Wildman–Crippen MR) is 123 cm³/mol. The summed E-state index contributed by atoms with van der Waals surface area (Å²) in [6, 6.07) is 9.37. The number of hydrogen-bond acceptors (Lipinski definition) is 6. The zero-order chi connectivity index (χ0) is 21.9. The van der Waals surface area contributed by atoms with Gasteiger partial charge in [0, 0.05) is 52.0 Å². The van der Waals surface area contributed by atoms with Crippen LogP contribution in [0.4, 0.5) is 5.69 Å². The summed E-state index contributed by atoms with van der Waals surface area (Å²) in [5.74, 6) is 0.815. The minimum Gasteiger partial charge on any atom is -0.384 e. The van der Waals surface area contributed by atoms with E-state index >= 15 is 0 Å². The molecule has 170 valence electrons. The van der Waals surface area contributed by atoms with Crippen LogP contribution in [-0.2, 0) is 19.5 Å². The second-order valence-electron chi connectivity index (χ2n) is 8.75. The fraction of sp³-hybridized carbons (Fsp3) is 0.609. The second kappa shape index (κ2) is 9.40. The number of quaternary nitrogens is 1. The van der Waals surface area contributed by atoms with Gasteiger partial charge in [-0.05, 0) is 35.6 Å². The third kappa shape index (κ3) is 4.31. The van der Waals surface area contributed by atoms with Crippen LogP contribution in [0.25, 0.3) is 0 Å². The first-order valence-electron chi connectivity index (χ1n) is 11.2. The third-order valence-electron chi connectivity index (χ3n) is 6.76. The number of nitrogens with zero attached hydrogens (tertiary/aromatic N) is 3. The normalized spacial score (nSPS) is 25.3. The van der Waals surface area contributed by atoms with Crippen molar-refractivity contribution in [3.8, 4) is 0 Å². The van der Waals surface area contributed by atoms with Gasteiger partial charge in [-0.2, -0.15) is 8.42 Å². The topological polar surface area (TPSA) is 68.2 Å². The molecule has 1 aromatic rings. The molecule has 1 saturated heterocycles. The van der Waals surface area contributed by atoms with E-state index < -0.39 is 14.0 Å². The van der Waals surface area contributed by atoms with E-state index in [-0.39, 0.29) is 12.4 Å². The molecule has 1 atom stereocenters. The summed E-state index contributed by atoms with van der Waals surface area (Å²) in [7, 11) is -0.394. The van der Waals surface area contributed by atoms with Crippen LogP contribution in [0.3, 0.4) is 0 Å². The van der Waals surface area contributed by atoms with Gasteiger partial charge in [-0.25, -0.2) is 0 Å². The van der Waals surface area contributed by atoms with Crippen molar-refractivity contribution in [1.82, 2.24) is 8.90 Å². The quantitative estimate of drug-likeness (QED) is 0.542. The number of ether oxygens (including phenoxy) is 2. The molecule has 1 unspecified atom stereocenters. The first-order chi connectivity index (χ1) is 15.0. The summed E-state index contributed by atoms with van der Waals surface area (Å²) < 4.78 is 37.3. The molecule has 0 bridgehead atoms. The van der Waals surface area contributed by atoms with Crippen LogP contribution in [0.1, 0.15) is 32.1 Å². The van der Waals surface area contributed by atoms with E-state index in [1.54, 1.807) is 7.11 Å². The number of para-hydroxylation sites is 1. The van der Waals surface area contributed by atoms with Gasteiger partial charge < -0.3 is 14.4 Å². The fourth-order valence-corrected chi connectivity index (χ4v) is 6.24. The first-order valence-corrected chi connectivity index (χ1v) is 12.8. The molecule has 1 aromatic carbocycles. The van der Waals surface area contributed by atoms with Gasteiger partial charge >= 0.3 is 10.0 Å². The largest absolute Gasteiger partial charge is 0.384 e. The van der Waals surface area contributed by atoms with Crippen molar-refractivity contribution in [3.05, 3.63) is 42.2 Å². The number of allylic oxidation sites excluding steroid dienone is 1. The number of sulfonamides is 1. The van der Waals surface area contributed by atoms with Crippen LogP contribution in [0.2, 0.25) is 0 Å². The van der Waals surface area contributed by atoms with Crippen LogP contribution in [0.5, 0.6) is 0 Å². The Morgan fingerprint density at radius 1 is 1.06 bits per heavy atom. The SMILES string of the molecule is COCCS(=O)(=O)[N+]1(c2ccccc2)C=C(N2CCC(COC)CC2)C(C2CCC2)=N1. The Bertz CT molecular complexity index is 919. The zero-order valence-corrected chi connectivity index (χ0v) is 19.4. The van der Waals surface area contributed by atoms with Crippen molar-refractivity contribution < 1.29 is 17.9 Å². The molecule has 2 heterocycles. The summed E-state index contributed by atoms with van der Waals surface area (Å²) in [6.07, 6.45) is 7.29.